The molecule has 0 aliphatic carbocycles. The molecule has 6 nitrogen and oxygen atoms in total. The van der Waals surface area contributed by atoms with Crippen LogP contribution >= 0.6 is 0 Å². The molecule has 0 amide bonds. The fraction of sp³-hybridized carbons (Fsp3) is 0.294. The molecule has 0 saturated heterocycles. The van der Waals surface area contributed by atoms with Gasteiger partial charge >= 0.3 is 0 Å². The van der Waals surface area contributed by atoms with Crippen molar-refractivity contribution in [2.75, 3.05) is 0 Å². The molecule has 0 atom stereocenters. The van der Waals surface area contributed by atoms with Gasteiger partial charge in [0.1, 0.15) is 23.0 Å². The van der Waals surface area contributed by atoms with Crippen LogP contribution < -0.4 is 0 Å². The van der Waals surface area contributed by atoms with E-state index in [0.29, 0.717) is 16.7 Å². The van der Waals surface area contributed by atoms with E-state index < -0.39 is 18.6 Å². The highest BCUT2D eigenvalue weighted by Crippen LogP contribution is 2.45. The molecule has 2 aromatic rings. The highest BCUT2D eigenvalue weighted by atomic mass is 16.3. The molecule has 0 saturated carbocycles. The molecule has 124 valence electrons. The van der Waals surface area contributed by atoms with Crippen LogP contribution in [-0.2, 0) is 18.6 Å². The number of hydrogen-bond acceptors (Lipinski definition) is 6. The Labute approximate surface area is 133 Å². The van der Waals surface area contributed by atoms with Crippen molar-refractivity contribution in [3.63, 3.8) is 0 Å². The molecular weight excluding hydrogens is 300 g/mol. The predicted molar refractivity (Wildman–Crippen MR) is 83.5 cm³/mol. The van der Waals surface area contributed by atoms with E-state index in [9.17, 15) is 30.6 Å². The molecule has 0 aromatic heterocycles. The lowest BCUT2D eigenvalue weighted by Gasteiger charge is -2.30. The van der Waals surface area contributed by atoms with Crippen molar-refractivity contribution >= 4 is 0 Å². The van der Waals surface area contributed by atoms with Crippen LogP contribution in [0, 0.1) is 0 Å². The van der Waals surface area contributed by atoms with Gasteiger partial charge in [0.25, 0.3) is 0 Å². The largest absolute Gasteiger partial charge is 0.508 e. The lowest BCUT2D eigenvalue weighted by Crippen LogP contribution is -2.22. The van der Waals surface area contributed by atoms with E-state index >= 15 is 0 Å². The molecule has 2 aromatic carbocycles. The van der Waals surface area contributed by atoms with Crippen molar-refractivity contribution in [1.82, 2.24) is 0 Å². The molecule has 23 heavy (non-hydrogen) atoms. The van der Waals surface area contributed by atoms with Gasteiger partial charge in [-0.25, -0.2) is 0 Å². The van der Waals surface area contributed by atoms with Gasteiger partial charge in [-0.1, -0.05) is 13.8 Å². The minimum Gasteiger partial charge on any atom is -0.508 e. The molecule has 0 aliphatic rings. The van der Waals surface area contributed by atoms with Gasteiger partial charge in [-0.15, -0.1) is 0 Å². The molecule has 2 rings (SSSR count). The topological polar surface area (TPSA) is 121 Å². The van der Waals surface area contributed by atoms with Crippen LogP contribution in [0.15, 0.2) is 24.3 Å². The highest BCUT2D eigenvalue weighted by molar-refractivity contribution is 5.57. The molecule has 0 fully saturated rings. The summed E-state index contributed by atoms with van der Waals surface area (Å²) in [5.74, 6) is -0.850. The summed E-state index contributed by atoms with van der Waals surface area (Å²) >= 11 is 0. The van der Waals surface area contributed by atoms with Crippen molar-refractivity contribution in [3.8, 4) is 23.0 Å². The molecule has 0 radical (unpaired) electrons. The molecule has 0 aliphatic heterocycles. The standard InChI is InChI=1S/C17H20O6/c1-17(2,12-4-9(7-18)13(21)6-14(12)22)16-10(8-19)3-11(20)5-15(16)23/h3-6,18-23H,7-8H2,1-2H3. The minimum atomic E-state index is -0.961. The SMILES string of the molecule is CC(C)(c1cc(CO)c(O)cc1O)c1c(O)cc(O)cc1CO. The van der Waals surface area contributed by atoms with Gasteiger partial charge in [-0.2, -0.15) is 0 Å². The monoisotopic (exact) mass is 320 g/mol. The Hall–Kier alpha value is -2.44. The molecule has 0 unspecified atom stereocenters. The average Bonchev–Trinajstić information content (AvgIpc) is 2.45. The summed E-state index contributed by atoms with van der Waals surface area (Å²) in [5.41, 5.74) is 0.273. The van der Waals surface area contributed by atoms with Gasteiger partial charge in [-0.05, 0) is 17.7 Å². The lowest BCUT2D eigenvalue weighted by atomic mass is 9.74. The van der Waals surface area contributed by atoms with Crippen molar-refractivity contribution in [2.45, 2.75) is 32.5 Å². The maximum absolute atomic E-state index is 10.2. The second kappa shape index (κ2) is 5.98. The first-order valence-corrected chi connectivity index (χ1v) is 7.04. The zero-order chi connectivity index (χ0) is 17.4. The third-order valence-electron chi connectivity index (χ3n) is 4.02. The molecule has 6 heteroatoms. The first-order chi connectivity index (χ1) is 10.7. The number of aliphatic hydroxyl groups excluding tert-OH is 2. The number of benzene rings is 2. The highest BCUT2D eigenvalue weighted by Gasteiger charge is 2.32. The summed E-state index contributed by atoms with van der Waals surface area (Å²) in [6, 6.07) is 5.05. The van der Waals surface area contributed by atoms with E-state index in [1.54, 1.807) is 13.8 Å². The number of phenols is 4. The minimum absolute atomic E-state index is 0.183. The van der Waals surface area contributed by atoms with Crippen LogP contribution in [0.4, 0.5) is 0 Å². The fourth-order valence-electron chi connectivity index (χ4n) is 2.90. The second-order valence-electron chi connectivity index (χ2n) is 5.94. The lowest BCUT2D eigenvalue weighted by molar-refractivity contribution is 0.273. The van der Waals surface area contributed by atoms with E-state index in [0.717, 1.165) is 12.1 Å². The van der Waals surface area contributed by atoms with E-state index in [2.05, 4.69) is 0 Å². The van der Waals surface area contributed by atoms with E-state index in [-0.39, 0.29) is 28.6 Å². The number of phenolic OH excluding ortho intramolecular Hbond substituents is 3. The van der Waals surface area contributed by atoms with Crippen LogP contribution in [0.1, 0.15) is 36.1 Å². The first-order valence-electron chi connectivity index (χ1n) is 7.04. The molecule has 0 bridgehead atoms. The summed E-state index contributed by atoms with van der Waals surface area (Å²) in [6.07, 6.45) is 0. The zero-order valence-electron chi connectivity index (χ0n) is 12.9. The summed E-state index contributed by atoms with van der Waals surface area (Å²) in [7, 11) is 0. The Morgan fingerprint density at radius 3 is 1.91 bits per heavy atom. The second-order valence-corrected chi connectivity index (χ2v) is 5.94. The molecular formula is C17H20O6. The Balaban J connectivity index is 2.73. The summed E-state index contributed by atoms with van der Waals surface area (Å²) < 4.78 is 0. The Kier molecular flexibility index (Phi) is 4.40. The van der Waals surface area contributed by atoms with E-state index in [1.165, 1.54) is 12.1 Å². The van der Waals surface area contributed by atoms with Gasteiger partial charge < -0.3 is 30.6 Å². The number of aliphatic hydroxyl groups is 2. The first kappa shape index (κ1) is 16.9. The van der Waals surface area contributed by atoms with Crippen LogP contribution in [0.25, 0.3) is 0 Å². The summed E-state index contributed by atoms with van der Waals surface area (Å²) in [4.78, 5) is 0. The fourth-order valence-corrected chi connectivity index (χ4v) is 2.90. The van der Waals surface area contributed by atoms with Crippen molar-refractivity contribution < 1.29 is 30.6 Å². The third-order valence-corrected chi connectivity index (χ3v) is 4.02. The Morgan fingerprint density at radius 1 is 0.739 bits per heavy atom. The van der Waals surface area contributed by atoms with Gasteiger partial charge in [0.05, 0.1) is 13.2 Å². The van der Waals surface area contributed by atoms with E-state index in [1.807, 2.05) is 0 Å². The molecule has 0 heterocycles. The third kappa shape index (κ3) is 2.91. The molecule has 6 N–H and O–H groups in total. The van der Waals surface area contributed by atoms with Crippen molar-refractivity contribution in [1.29, 1.82) is 0 Å². The predicted octanol–water partition coefficient (Wildman–Crippen LogP) is 1.82. The van der Waals surface area contributed by atoms with Crippen LogP contribution in [0.3, 0.4) is 0 Å². The smallest absolute Gasteiger partial charge is 0.124 e. The maximum Gasteiger partial charge on any atom is 0.124 e. The Morgan fingerprint density at radius 2 is 1.35 bits per heavy atom. The maximum atomic E-state index is 10.2. The quantitative estimate of drug-likeness (QED) is 0.511. The van der Waals surface area contributed by atoms with Crippen LogP contribution in [0.5, 0.6) is 23.0 Å². The van der Waals surface area contributed by atoms with Crippen LogP contribution in [0.2, 0.25) is 0 Å². The Bertz CT molecular complexity index is 736. The van der Waals surface area contributed by atoms with Crippen molar-refractivity contribution in [2.24, 2.45) is 0 Å². The van der Waals surface area contributed by atoms with Crippen LogP contribution in [-0.4, -0.2) is 30.6 Å². The number of aromatic hydroxyl groups is 4. The van der Waals surface area contributed by atoms with Crippen molar-refractivity contribution in [3.05, 3.63) is 46.5 Å². The van der Waals surface area contributed by atoms with E-state index in [4.69, 9.17) is 0 Å². The number of rotatable bonds is 4. The number of hydrogen-bond donors (Lipinski definition) is 6. The van der Waals surface area contributed by atoms with Gasteiger partial charge in [0, 0.05) is 34.2 Å². The summed E-state index contributed by atoms with van der Waals surface area (Å²) in [5, 5.41) is 58.5. The average molecular weight is 320 g/mol. The molecule has 0 spiro atoms. The van der Waals surface area contributed by atoms with Gasteiger partial charge in [-0.3, -0.25) is 0 Å². The van der Waals surface area contributed by atoms with Gasteiger partial charge in [0.2, 0.25) is 0 Å². The van der Waals surface area contributed by atoms with Gasteiger partial charge in [0.15, 0.2) is 0 Å². The normalized spacial score (nSPS) is 11.7. The zero-order valence-corrected chi connectivity index (χ0v) is 12.9. The summed E-state index contributed by atoms with van der Waals surface area (Å²) in [6.45, 7) is 2.60.